The minimum absolute atomic E-state index is 0.220. The second-order valence-corrected chi connectivity index (χ2v) is 8.37. The number of nitrogens with zero attached hydrogens (tertiary/aromatic N) is 4. The summed E-state index contributed by atoms with van der Waals surface area (Å²) in [7, 11) is 0. The molecule has 11 heteroatoms. The zero-order chi connectivity index (χ0) is 20.7. The number of benzene rings is 1. The van der Waals surface area contributed by atoms with Gasteiger partial charge in [0.05, 0.1) is 28.0 Å². The minimum Gasteiger partial charge on any atom is -0.338 e. The van der Waals surface area contributed by atoms with E-state index in [1.165, 1.54) is 12.1 Å². The van der Waals surface area contributed by atoms with E-state index in [9.17, 15) is 9.18 Å². The highest BCUT2D eigenvalue weighted by Crippen LogP contribution is 2.23. The van der Waals surface area contributed by atoms with Crippen LogP contribution in [0, 0.1) is 10.6 Å². The molecule has 1 saturated heterocycles. The van der Waals surface area contributed by atoms with Crippen LogP contribution in [-0.4, -0.2) is 62.0 Å². The fourth-order valence-corrected chi connectivity index (χ4v) is 4.43. The van der Waals surface area contributed by atoms with Crippen LogP contribution in [0.2, 0.25) is 0 Å². The topological polar surface area (TPSA) is 94.1 Å². The molecule has 1 aliphatic heterocycles. The Hall–Kier alpha value is -2.89. The molecule has 0 spiro atoms. The number of piperazine rings is 1. The number of carbonyl (C=O) groups is 1. The number of amides is 1. The van der Waals surface area contributed by atoms with E-state index in [1.807, 2.05) is 17.5 Å². The molecule has 0 bridgehead atoms. The number of H-pyrrole nitrogens is 2. The van der Waals surface area contributed by atoms with Gasteiger partial charge in [0, 0.05) is 26.2 Å². The molecule has 0 atom stereocenters. The van der Waals surface area contributed by atoms with Gasteiger partial charge in [0.15, 0.2) is 4.77 Å². The van der Waals surface area contributed by atoms with Gasteiger partial charge in [0.1, 0.15) is 5.82 Å². The van der Waals surface area contributed by atoms with E-state index in [-0.39, 0.29) is 11.5 Å². The first kappa shape index (κ1) is 19.1. The number of fused-ring (bicyclic) bond motifs is 1. The quantitative estimate of drug-likeness (QED) is 0.469. The molecule has 3 aromatic heterocycles. The van der Waals surface area contributed by atoms with Crippen LogP contribution in [0.25, 0.3) is 21.7 Å². The fraction of sp³-hybridized carbons (Fsp3) is 0.263. The second-order valence-electron chi connectivity index (χ2n) is 7.01. The number of thiophene rings is 1. The Kier molecular flexibility index (Phi) is 4.93. The maximum Gasteiger partial charge on any atom is 0.256 e. The molecule has 5 rings (SSSR count). The summed E-state index contributed by atoms with van der Waals surface area (Å²) in [5, 5.41) is 6.00. The maximum atomic E-state index is 14.0. The van der Waals surface area contributed by atoms with Crippen molar-refractivity contribution < 1.29 is 13.7 Å². The number of nitrogens with one attached hydrogen (secondary N) is 2. The first-order valence-corrected chi connectivity index (χ1v) is 10.7. The van der Waals surface area contributed by atoms with Crippen LogP contribution in [-0.2, 0) is 6.54 Å². The predicted octanol–water partition coefficient (Wildman–Crippen LogP) is 3.43. The zero-order valence-corrected chi connectivity index (χ0v) is 17.4. The summed E-state index contributed by atoms with van der Waals surface area (Å²) >= 11 is 6.64. The number of aromatic amines is 2. The summed E-state index contributed by atoms with van der Waals surface area (Å²) in [6.45, 7) is 2.88. The van der Waals surface area contributed by atoms with Gasteiger partial charge in [-0.3, -0.25) is 9.69 Å². The van der Waals surface area contributed by atoms with E-state index in [2.05, 4.69) is 25.0 Å². The molecule has 0 radical (unpaired) electrons. The van der Waals surface area contributed by atoms with E-state index < -0.39 is 5.82 Å². The lowest BCUT2D eigenvalue weighted by Crippen LogP contribution is -2.48. The molecule has 1 aliphatic rings. The summed E-state index contributed by atoms with van der Waals surface area (Å²) in [6.07, 6.45) is 0. The lowest BCUT2D eigenvalue weighted by molar-refractivity contribution is 0.0616. The highest BCUT2D eigenvalue weighted by molar-refractivity contribution is 7.71. The van der Waals surface area contributed by atoms with E-state index >= 15 is 0 Å². The minimum atomic E-state index is -0.479. The monoisotopic (exact) mass is 444 g/mol. The van der Waals surface area contributed by atoms with Crippen LogP contribution >= 0.6 is 23.6 Å². The molecule has 0 saturated carbocycles. The van der Waals surface area contributed by atoms with Gasteiger partial charge in [-0.15, -0.1) is 11.3 Å². The number of halogens is 1. The number of rotatable bonds is 4. The van der Waals surface area contributed by atoms with Crippen molar-refractivity contribution in [2.24, 2.45) is 0 Å². The SMILES string of the molecule is O=C(c1cc(F)cc2[nH]c(=S)[nH]c12)N1CCN(Cc2nc(-c3cccs3)no2)CC1. The van der Waals surface area contributed by atoms with Crippen molar-refractivity contribution in [2.75, 3.05) is 26.2 Å². The largest absolute Gasteiger partial charge is 0.338 e. The van der Waals surface area contributed by atoms with Crippen molar-refractivity contribution in [2.45, 2.75) is 6.54 Å². The molecule has 154 valence electrons. The summed E-state index contributed by atoms with van der Waals surface area (Å²) in [6, 6.07) is 6.47. The Labute approximate surface area is 179 Å². The number of imidazole rings is 1. The van der Waals surface area contributed by atoms with Crippen LogP contribution in [0.3, 0.4) is 0 Å². The zero-order valence-electron chi connectivity index (χ0n) is 15.7. The summed E-state index contributed by atoms with van der Waals surface area (Å²) in [4.78, 5) is 28.1. The van der Waals surface area contributed by atoms with Crippen LogP contribution in [0.15, 0.2) is 34.2 Å². The van der Waals surface area contributed by atoms with Crippen LogP contribution in [0.1, 0.15) is 16.2 Å². The molecule has 8 nitrogen and oxygen atoms in total. The van der Waals surface area contributed by atoms with Crippen molar-refractivity contribution in [3.05, 3.63) is 51.7 Å². The van der Waals surface area contributed by atoms with Crippen LogP contribution in [0.5, 0.6) is 0 Å². The molecule has 30 heavy (non-hydrogen) atoms. The molecular formula is C19H17FN6O2S2. The smallest absolute Gasteiger partial charge is 0.256 e. The van der Waals surface area contributed by atoms with E-state index in [0.717, 1.165) is 4.88 Å². The Morgan fingerprint density at radius 1 is 1.27 bits per heavy atom. The molecular weight excluding hydrogens is 427 g/mol. The number of hydrogen-bond donors (Lipinski definition) is 2. The van der Waals surface area contributed by atoms with Gasteiger partial charge in [-0.05, 0) is 35.8 Å². The average molecular weight is 445 g/mol. The summed E-state index contributed by atoms with van der Waals surface area (Å²) in [5.74, 6) is 0.438. The van der Waals surface area contributed by atoms with Gasteiger partial charge in [-0.25, -0.2) is 4.39 Å². The normalized spacial score (nSPS) is 15.2. The Morgan fingerprint density at radius 2 is 2.10 bits per heavy atom. The van der Waals surface area contributed by atoms with Gasteiger partial charge in [-0.2, -0.15) is 4.98 Å². The number of carbonyl (C=O) groups excluding carboxylic acids is 1. The molecule has 4 aromatic rings. The third kappa shape index (κ3) is 3.66. The van der Waals surface area contributed by atoms with Crippen molar-refractivity contribution in [1.82, 2.24) is 29.9 Å². The summed E-state index contributed by atoms with van der Waals surface area (Å²) in [5.41, 5.74) is 1.30. The first-order valence-electron chi connectivity index (χ1n) is 9.36. The van der Waals surface area contributed by atoms with E-state index in [1.54, 1.807) is 16.2 Å². The van der Waals surface area contributed by atoms with Crippen LogP contribution in [0.4, 0.5) is 4.39 Å². The van der Waals surface area contributed by atoms with E-state index in [4.69, 9.17) is 16.7 Å². The lowest BCUT2D eigenvalue weighted by Gasteiger charge is -2.34. The van der Waals surface area contributed by atoms with Crippen molar-refractivity contribution >= 4 is 40.5 Å². The van der Waals surface area contributed by atoms with E-state index in [0.29, 0.717) is 60.2 Å². The molecule has 0 unspecified atom stereocenters. The van der Waals surface area contributed by atoms with Crippen molar-refractivity contribution in [3.8, 4) is 10.7 Å². The molecule has 1 aromatic carbocycles. The van der Waals surface area contributed by atoms with Gasteiger partial charge in [0.25, 0.3) is 5.91 Å². The Balaban J connectivity index is 1.25. The Morgan fingerprint density at radius 3 is 2.87 bits per heavy atom. The molecule has 1 fully saturated rings. The molecule has 2 N–H and O–H groups in total. The summed E-state index contributed by atoms with van der Waals surface area (Å²) < 4.78 is 19.7. The molecule has 4 heterocycles. The predicted molar refractivity (Wildman–Crippen MR) is 112 cm³/mol. The lowest BCUT2D eigenvalue weighted by atomic mass is 10.1. The van der Waals surface area contributed by atoms with Crippen molar-refractivity contribution in [1.29, 1.82) is 0 Å². The van der Waals surface area contributed by atoms with Gasteiger partial charge in [0.2, 0.25) is 11.7 Å². The highest BCUT2D eigenvalue weighted by atomic mass is 32.1. The average Bonchev–Trinajstić information content (AvgIpc) is 3.47. The molecule has 1 amide bonds. The van der Waals surface area contributed by atoms with Crippen molar-refractivity contribution in [3.63, 3.8) is 0 Å². The van der Waals surface area contributed by atoms with Gasteiger partial charge in [-0.1, -0.05) is 11.2 Å². The van der Waals surface area contributed by atoms with Crippen LogP contribution < -0.4 is 0 Å². The highest BCUT2D eigenvalue weighted by Gasteiger charge is 2.25. The third-order valence-electron chi connectivity index (χ3n) is 5.05. The third-order valence-corrected chi connectivity index (χ3v) is 6.12. The van der Waals surface area contributed by atoms with Gasteiger partial charge < -0.3 is 19.4 Å². The number of hydrogen-bond acceptors (Lipinski definition) is 7. The number of aromatic nitrogens is 4. The standard InChI is InChI=1S/C19H17FN6O2S2/c20-11-8-12(16-13(9-11)21-19(29)23-16)18(27)26-5-3-25(4-6-26)10-15-22-17(24-28-15)14-2-1-7-30-14/h1-2,7-9H,3-6,10H2,(H2,21,23,29). The second kappa shape index (κ2) is 7.74. The molecule has 0 aliphatic carbocycles. The fourth-order valence-electron chi connectivity index (χ4n) is 3.57. The first-order chi connectivity index (χ1) is 14.6. The maximum absolute atomic E-state index is 14.0. The van der Waals surface area contributed by atoms with Gasteiger partial charge >= 0.3 is 0 Å². The Bertz CT molecular complexity index is 1250.